The highest BCUT2D eigenvalue weighted by Crippen LogP contribution is 2.31. The number of Topliss-reactive ketones (excluding diaryl/α,β-unsaturated/α-hetero) is 1. The number of carbonyl (C=O) groups excluding carboxylic acids is 1. The zero-order valence-corrected chi connectivity index (χ0v) is 31.5. The van der Waals surface area contributed by atoms with E-state index in [-0.39, 0.29) is 5.78 Å². The van der Waals surface area contributed by atoms with Gasteiger partial charge in [0.15, 0.2) is 76.0 Å². The number of rotatable bonds is 9. The van der Waals surface area contributed by atoms with Gasteiger partial charge in [0, 0.05) is 11.5 Å². The van der Waals surface area contributed by atoms with Gasteiger partial charge in [0.05, 0.1) is 12.4 Å². The molecule has 0 saturated heterocycles. The van der Waals surface area contributed by atoms with Crippen molar-refractivity contribution in [2.75, 3.05) is 0 Å². The Morgan fingerprint density at radius 3 is 1.05 bits per heavy atom. The summed E-state index contributed by atoms with van der Waals surface area (Å²) in [6.07, 6.45) is -0.727. The zero-order valence-electron chi connectivity index (χ0n) is 31.5. The van der Waals surface area contributed by atoms with Crippen LogP contribution in [0, 0.1) is 116 Å². The standard InChI is InChI=1S/C24BF20.C16H19N2O/c26-5-1(6(27)14(35)21(42)13(5)34)25(2-7(28)15(36)22(43)16(37)8(2)29,3-9(30)17(38)23(44)18(39)10(3)31)4-11(32)19(40)24(45)20(41)12(4)33;1-3-13(2)15-11-17-9-10-18(15)12-16(19)14-7-5-4-6-8-14/h;4-11,13H,3,12H2,1-2H3/q-1;+1. The first kappa shape index (κ1) is 48.5. The SMILES string of the molecule is CCC(C)c1cncc[n+]1CC(=O)c1ccccc1.Fc1c(F)c(F)c([B-](c2c(F)c(F)c(F)c(F)c2F)(c2c(F)c(F)c(F)c(F)c2F)c2c(F)c(F)c(F)c(F)c2F)c(F)c1F. The van der Waals surface area contributed by atoms with Crippen molar-refractivity contribution in [1.82, 2.24) is 4.98 Å². The number of hydrogen-bond acceptors (Lipinski definition) is 2. The normalized spacial score (nSPS) is 12.0. The van der Waals surface area contributed by atoms with Crippen LogP contribution in [0.25, 0.3) is 0 Å². The minimum atomic E-state index is -7.22. The average molecular weight is 934 g/mol. The molecule has 3 nitrogen and oxygen atoms in total. The lowest BCUT2D eigenvalue weighted by atomic mass is 9.12. The van der Waals surface area contributed by atoms with Crippen LogP contribution in [0.2, 0.25) is 0 Å². The summed E-state index contributed by atoms with van der Waals surface area (Å²) in [5.74, 6) is -70.9. The minimum absolute atomic E-state index is 0.126. The molecule has 0 N–H and O–H groups in total. The van der Waals surface area contributed by atoms with E-state index in [0.29, 0.717) is 12.5 Å². The number of aromatic nitrogens is 2. The minimum Gasteiger partial charge on any atom is -0.287 e. The molecule has 0 fully saturated rings. The first-order chi connectivity index (χ1) is 29.9. The highest BCUT2D eigenvalue weighted by atomic mass is 19.2. The Balaban J connectivity index is 0.000000337. The van der Waals surface area contributed by atoms with Crippen molar-refractivity contribution in [3.8, 4) is 0 Å². The Hall–Kier alpha value is -6.49. The maximum atomic E-state index is 15.4. The molecule has 6 rings (SSSR count). The predicted octanol–water partition coefficient (Wildman–Crippen LogP) is 8.61. The first-order valence-corrected chi connectivity index (χ1v) is 17.6. The van der Waals surface area contributed by atoms with Crippen LogP contribution < -0.4 is 26.4 Å². The highest BCUT2D eigenvalue weighted by molar-refractivity contribution is 7.20. The summed E-state index contributed by atoms with van der Waals surface area (Å²) >= 11 is 0. The lowest BCUT2D eigenvalue weighted by molar-refractivity contribution is -0.692. The van der Waals surface area contributed by atoms with E-state index in [1.165, 1.54) is 0 Å². The van der Waals surface area contributed by atoms with E-state index in [9.17, 15) is 57.5 Å². The molecule has 1 aromatic heterocycles. The Kier molecular flexibility index (Phi) is 13.9. The van der Waals surface area contributed by atoms with Gasteiger partial charge in [-0.05, 0) is 6.42 Å². The van der Waals surface area contributed by atoms with Crippen molar-refractivity contribution in [2.24, 2.45) is 0 Å². The fourth-order valence-corrected chi connectivity index (χ4v) is 6.91. The van der Waals surface area contributed by atoms with Crippen LogP contribution in [0.5, 0.6) is 0 Å². The van der Waals surface area contributed by atoms with Crippen LogP contribution in [0.4, 0.5) is 87.8 Å². The summed E-state index contributed by atoms with van der Waals surface area (Å²) in [5.41, 5.74) is -12.5. The summed E-state index contributed by atoms with van der Waals surface area (Å²) in [6, 6.07) is 9.40. The Bertz CT molecular complexity index is 2460. The van der Waals surface area contributed by atoms with Crippen LogP contribution in [-0.2, 0) is 6.54 Å². The molecule has 0 saturated carbocycles. The number of halogens is 20. The second-order valence-electron chi connectivity index (χ2n) is 13.5. The molecule has 1 heterocycles. The third-order valence-corrected chi connectivity index (χ3v) is 10.1. The molecule has 0 bridgehead atoms. The quantitative estimate of drug-likeness (QED) is 0.0364. The van der Waals surface area contributed by atoms with E-state index in [1.807, 2.05) is 47.3 Å². The largest absolute Gasteiger partial charge is 0.287 e. The Labute approximate surface area is 345 Å². The van der Waals surface area contributed by atoms with E-state index in [0.717, 1.165) is 17.7 Å². The Morgan fingerprint density at radius 2 is 0.766 bits per heavy atom. The fraction of sp³-hybridized carbons (Fsp3) is 0.125. The van der Waals surface area contributed by atoms with Crippen LogP contribution in [0.3, 0.4) is 0 Å². The molecule has 0 aliphatic heterocycles. The summed E-state index contributed by atoms with van der Waals surface area (Å²) in [6.45, 7) is 4.66. The third-order valence-electron chi connectivity index (χ3n) is 10.1. The molecule has 1 unspecified atom stereocenters. The molecule has 0 aliphatic carbocycles. The molecule has 1 atom stereocenters. The van der Waals surface area contributed by atoms with Gasteiger partial charge in [-0.1, -0.05) is 44.2 Å². The van der Waals surface area contributed by atoms with Crippen molar-refractivity contribution >= 4 is 33.8 Å². The molecule has 24 heteroatoms. The Morgan fingerprint density at radius 1 is 0.484 bits per heavy atom. The van der Waals surface area contributed by atoms with Crippen LogP contribution in [0.15, 0.2) is 48.9 Å². The molecule has 5 aromatic carbocycles. The summed E-state index contributed by atoms with van der Waals surface area (Å²) in [5, 5.41) is 0. The van der Waals surface area contributed by atoms with Gasteiger partial charge in [-0.3, -0.25) is 9.78 Å². The van der Waals surface area contributed by atoms with Crippen LogP contribution >= 0.6 is 0 Å². The molecule has 0 radical (unpaired) electrons. The van der Waals surface area contributed by atoms with E-state index in [4.69, 9.17) is 0 Å². The van der Waals surface area contributed by atoms with Gasteiger partial charge in [0.1, 0.15) is 52.7 Å². The molecule has 0 amide bonds. The highest BCUT2D eigenvalue weighted by Gasteiger charge is 2.52. The van der Waals surface area contributed by atoms with Gasteiger partial charge in [-0.2, -0.15) is 4.57 Å². The van der Waals surface area contributed by atoms with Crippen molar-refractivity contribution in [3.63, 3.8) is 0 Å². The van der Waals surface area contributed by atoms with Crippen molar-refractivity contribution in [2.45, 2.75) is 32.7 Å². The smallest absolute Gasteiger partial charge is 0.227 e. The monoisotopic (exact) mass is 934 g/mol. The molecular formula is C40H19BF20N2O. The lowest BCUT2D eigenvalue weighted by Crippen LogP contribution is -2.81. The van der Waals surface area contributed by atoms with E-state index >= 15 is 35.1 Å². The van der Waals surface area contributed by atoms with E-state index in [2.05, 4.69) is 18.8 Å². The van der Waals surface area contributed by atoms with Crippen LogP contribution in [0.1, 0.15) is 42.2 Å². The number of carbonyl (C=O) groups is 1. The molecule has 6 aromatic rings. The summed E-state index contributed by atoms with van der Waals surface area (Å²) in [4.78, 5) is 16.4. The maximum Gasteiger partial charge on any atom is 0.227 e. The van der Waals surface area contributed by atoms with E-state index < -0.39 is 144 Å². The number of nitrogens with zero attached hydrogens (tertiary/aromatic N) is 2. The molecule has 0 aliphatic rings. The molecule has 64 heavy (non-hydrogen) atoms. The number of ketones is 1. The van der Waals surface area contributed by atoms with Gasteiger partial charge < -0.3 is 0 Å². The predicted molar refractivity (Wildman–Crippen MR) is 183 cm³/mol. The molecule has 338 valence electrons. The average Bonchev–Trinajstić information content (AvgIpc) is 3.29. The maximum absolute atomic E-state index is 15.4. The van der Waals surface area contributed by atoms with Crippen molar-refractivity contribution in [1.29, 1.82) is 0 Å². The summed E-state index contributed by atoms with van der Waals surface area (Å²) < 4.78 is 296. The summed E-state index contributed by atoms with van der Waals surface area (Å²) in [7, 11) is 0. The number of benzene rings is 5. The van der Waals surface area contributed by atoms with Gasteiger partial charge in [-0.15, -0.1) is 21.9 Å². The van der Waals surface area contributed by atoms with Gasteiger partial charge in [0.2, 0.25) is 18.0 Å². The second kappa shape index (κ2) is 18.3. The second-order valence-corrected chi connectivity index (χ2v) is 13.5. The van der Waals surface area contributed by atoms with Gasteiger partial charge in [0.25, 0.3) is 0 Å². The van der Waals surface area contributed by atoms with Crippen molar-refractivity contribution < 1.29 is 97.2 Å². The fourth-order valence-electron chi connectivity index (χ4n) is 6.91. The molecule has 0 spiro atoms. The third kappa shape index (κ3) is 7.69. The first-order valence-electron chi connectivity index (χ1n) is 17.6. The molecular weight excluding hydrogens is 915 g/mol. The number of hydrogen-bond donors (Lipinski definition) is 0. The van der Waals surface area contributed by atoms with Crippen molar-refractivity contribution in [3.05, 3.63) is 177 Å². The lowest BCUT2D eigenvalue weighted by Gasteiger charge is -2.44. The topological polar surface area (TPSA) is 33.8 Å². The van der Waals surface area contributed by atoms with Crippen LogP contribution in [-0.4, -0.2) is 16.9 Å². The zero-order chi connectivity index (χ0) is 48.0. The van der Waals surface area contributed by atoms with E-state index in [1.54, 1.807) is 6.20 Å². The van der Waals surface area contributed by atoms with Gasteiger partial charge >= 0.3 is 0 Å². The van der Waals surface area contributed by atoms with Gasteiger partial charge in [-0.25, -0.2) is 87.8 Å².